The Labute approximate surface area is 113 Å². The molecule has 2 amide bonds. The van der Waals surface area contributed by atoms with E-state index in [0.29, 0.717) is 25.1 Å². The van der Waals surface area contributed by atoms with Crippen molar-refractivity contribution >= 4 is 11.8 Å². The third-order valence-corrected chi connectivity index (χ3v) is 3.72. The highest BCUT2D eigenvalue weighted by Crippen LogP contribution is 2.10. The van der Waals surface area contributed by atoms with Gasteiger partial charge in [-0.2, -0.15) is 0 Å². The Balaban J connectivity index is 1.81. The van der Waals surface area contributed by atoms with Gasteiger partial charge in [0.15, 0.2) is 0 Å². The van der Waals surface area contributed by atoms with Gasteiger partial charge in [-0.05, 0) is 25.8 Å². The molecule has 1 fully saturated rings. The Bertz CT molecular complexity index is 479. The predicted octanol–water partition coefficient (Wildman–Crippen LogP) is 1.08. The number of nitrogens with zero attached hydrogens (tertiary/aromatic N) is 2. The summed E-state index contributed by atoms with van der Waals surface area (Å²) in [5.41, 5.74) is 1.65. The van der Waals surface area contributed by atoms with Crippen LogP contribution >= 0.6 is 0 Å². The Morgan fingerprint density at radius 2 is 2.21 bits per heavy atom. The maximum Gasteiger partial charge on any atom is 0.253 e. The fraction of sp³-hybridized carbons (Fsp3) is 0.571. The Morgan fingerprint density at radius 1 is 1.42 bits per heavy atom. The number of nitrogens with one attached hydrogen (secondary N) is 1. The Kier molecular flexibility index (Phi) is 4.24. The molecule has 2 heterocycles. The number of carbonyl (C=O) groups is 2. The monoisotopic (exact) mass is 263 g/mol. The van der Waals surface area contributed by atoms with Crippen LogP contribution < -0.4 is 5.32 Å². The lowest BCUT2D eigenvalue weighted by molar-refractivity contribution is -0.133. The number of amides is 2. The van der Waals surface area contributed by atoms with Crippen LogP contribution in [0.3, 0.4) is 0 Å². The van der Waals surface area contributed by atoms with Crippen LogP contribution in [0.4, 0.5) is 0 Å². The number of likely N-dealkylation sites (tertiary alicyclic amines) is 1. The molecular formula is C14H21N3O2. The highest BCUT2D eigenvalue weighted by molar-refractivity contribution is 5.95. The highest BCUT2D eigenvalue weighted by Gasteiger charge is 2.18. The summed E-state index contributed by atoms with van der Waals surface area (Å²) in [6.45, 7) is 3.86. The van der Waals surface area contributed by atoms with Crippen LogP contribution in [0.2, 0.25) is 0 Å². The number of rotatable bonds is 4. The topological polar surface area (TPSA) is 54.3 Å². The van der Waals surface area contributed by atoms with Crippen LogP contribution in [0.5, 0.6) is 0 Å². The summed E-state index contributed by atoms with van der Waals surface area (Å²) in [6, 6.07) is 1.82. The molecule has 1 aliphatic rings. The highest BCUT2D eigenvalue weighted by atomic mass is 16.2. The molecule has 5 nitrogen and oxygen atoms in total. The summed E-state index contributed by atoms with van der Waals surface area (Å²) in [5, 5.41) is 2.87. The van der Waals surface area contributed by atoms with E-state index in [1.807, 2.05) is 35.7 Å². The summed E-state index contributed by atoms with van der Waals surface area (Å²) >= 11 is 0. The van der Waals surface area contributed by atoms with Gasteiger partial charge in [0.25, 0.3) is 5.91 Å². The van der Waals surface area contributed by atoms with Gasteiger partial charge in [0.1, 0.15) is 0 Å². The molecule has 0 aliphatic carbocycles. The first kappa shape index (κ1) is 13.6. The number of hydrogen-bond acceptors (Lipinski definition) is 2. The van der Waals surface area contributed by atoms with E-state index in [0.717, 1.165) is 25.1 Å². The normalized spacial score (nSPS) is 15.7. The van der Waals surface area contributed by atoms with Gasteiger partial charge in [-0.15, -0.1) is 0 Å². The summed E-state index contributed by atoms with van der Waals surface area (Å²) in [4.78, 5) is 25.4. The smallest absolute Gasteiger partial charge is 0.253 e. The molecule has 1 aromatic heterocycles. The van der Waals surface area contributed by atoms with Crippen LogP contribution in [0.25, 0.3) is 0 Å². The van der Waals surface area contributed by atoms with E-state index in [1.54, 1.807) is 0 Å². The van der Waals surface area contributed by atoms with Crippen molar-refractivity contribution in [2.75, 3.05) is 19.6 Å². The van der Waals surface area contributed by atoms with Crippen LogP contribution in [-0.2, 0) is 11.8 Å². The van der Waals surface area contributed by atoms with E-state index in [2.05, 4.69) is 5.32 Å². The van der Waals surface area contributed by atoms with E-state index in [4.69, 9.17) is 0 Å². The van der Waals surface area contributed by atoms with Crippen LogP contribution in [0.15, 0.2) is 12.3 Å². The largest absolute Gasteiger partial charge is 0.354 e. The summed E-state index contributed by atoms with van der Waals surface area (Å²) in [6.07, 6.45) is 4.58. The molecule has 1 saturated heterocycles. The zero-order chi connectivity index (χ0) is 13.8. The van der Waals surface area contributed by atoms with Crippen molar-refractivity contribution in [2.24, 2.45) is 7.05 Å². The Morgan fingerprint density at radius 3 is 2.84 bits per heavy atom. The van der Waals surface area contributed by atoms with E-state index >= 15 is 0 Å². The molecule has 0 unspecified atom stereocenters. The van der Waals surface area contributed by atoms with Crippen molar-refractivity contribution in [3.63, 3.8) is 0 Å². The molecule has 0 bridgehead atoms. The number of carbonyl (C=O) groups excluding carboxylic acids is 2. The summed E-state index contributed by atoms with van der Waals surface area (Å²) in [7, 11) is 1.92. The van der Waals surface area contributed by atoms with Crippen molar-refractivity contribution in [1.82, 2.24) is 14.8 Å². The molecule has 0 radical (unpaired) electrons. The zero-order valence-electron chi connectivity index (χ0n) is 11.6. The molecule has 19 heavy (non-hydrogen) atoms. The average Bonchev–Trinajstić information content (AvgIpc) is 2.72. The maximum atomic E-state index is 12.0. The standard InChI is InChI=1S/C14H21N3O2/c1-11-12(6-9-16(11)2)14(19)15-7-10-17-8-4-3-5-13(17)18/h6,9H,3-5,7-8,10H2,1-2H3,(H,15,19). The van der Waals surface area contributed by atoms with Crippen molar-refractivity contribution < 1.29 is 9.59 Å². The lowest BCUT2D eigenvalue weighted by Crippen LogP contribution is -2.41. The average molecular weight is 263 g/mol. The van der Waals surface area contributed by atoms with Gasteiger partial charge in [0.05, 0.1) is 5.56 Å². The molecule has 0 saturated carbocycles. The minimum absolute atomic E-state index is 0.0671. The third kappa shape index (κ3) is 3.16. The summed E-state index contributed by atoms with van der Waals surface area (Å²) in [5.74, 6) is 0.138. The fourth-order valence-corrected chi connectivity index (χ4v) is 2.35. The van der Waals surface area contributed by atoms with Crippen LogP contribution in [0, 0.1) is 6.92 Å². The lowest BCUT2D eigenvalue weighted by atomic mass is 10.1. The van der Waals surface area contributed by atoms with Gasteiger partial charge in [-0.3, -0.25) is 9.59 Å². The second kappa shape index (κ2) is 5.91. The molecule has 0 aromatic carbocycles. The number of aryl methyl sites for hydroxylation is 1. The van der Waals surface area contributed by atoms with Gasteiger partial charge in [0.2, 0.25) is 5.91 Å². The van der Waals surface area contributed by atoms with Crippen molar-refractivity contribution in [2.45, 2.75) is 26.2 Å². The first-order valence-corrected chi connectivity index (χ1v) is 6.77. The number of hydrogen-bond donors (Lipinski definition) is 1. The van der Waals surface area contributed by atoms with E-state index in [1.165, 1.54) is 0 Å². The van der Waals surface area contributed by atoms with Crippen molar-refractivity contribution in [3.05, 3.63) is 23.5 Å². The second-order valence-corrected chi connectivity index (χ2v) is 5.02. The van der Waals surface area contributed by atoms with Crippen LogP contribution in [0.1, 0.15) is 35.3 Å². The molecule has 5 heteroatoms. The first-order valence-electron chi connectivity index (χ1n) is 6.77. The first-order chi connectivity index (χ1) is 9.09. The fourth-order valence-electron chi connectivity index (χ4n) is 2.35. The van der Waals surface area contributed by atoms with Gasteiger partial charge in [-0.1, -0.05) is 0 Å². The van der Waals surface area contributed by atoms with Gasteiger partial charge in [-0.25, -0.2) is 0 Å². The molecule has 1 aromatic rings. The van der Waals surface area contributed by atoms with E-state index in [-0.39, 0.29) is 11.8 Å². The van der Waals surface area contributed by atoms with Gasteiger partial charge in [0, 0.05) is 45.0 Å². The number of piperidine rings is 1. The Hall–Kier alpha value is -1.78. The molecule has 0 atom stereocenters. The van der Waals surface area contributed by atoms with E-state index in [9.17, 15) is 9.59 Å². The molecule has 2 rings (SSSR count). The van der Waals surface area contributed by atoms with Crippen molar-refractivity contribution in [3.8, 4) is 0 Å². The van der Waals surface area contributed by atoms with Gasteiger partial charge < -0.3 is 14.8 Å². The van der Waals surface area contributed by atoms with E-state index < -0.39 is 0 Å². The van der Waals surface area contributed by atoms with Gasteiger partial charge >= 0.3 is 0 Å². The maximum absolute atomic E-state index is 12.0. The second-order valence-electron chi connectivity index (χ2n) is 5.02. The third-order valence-electron chi connectivity index (χ3n) is 3.72. The van der Waals surface area contributed by atoms with Crippen LogP contribution in [-0.4, -0.2) is 40.9 Å². The summed E-state index contributed by atoms with van der Waals surface area (Å²) < 4.78 is 1.92. The lowest BCUT2D eigenvalue weighted by Gasteiger charge is -2.26. The van der Waals surface area contributed by atoms with Crippen molar-refractivity contribution in [1.29, 1.82) is 0 Å². The zero-order valence-corrected chi connectivity index (χ0v) is 11.6. The quantitative estimate of drug-likeness (QED) is 0.883. The number of aromatic nitrogens is 1. The minimum Gasteiger partial charge on any atom is -0.354 e. The molecule has 0 spiro atoms. The minimum atomic E-state index is -0.0671. The SMILES string of the molecule is Cc1c(C(=O)NCCN2CCCCC2=O)ccn1C. The predicted molar refractivity (Wildman–Crippen MR) is 72.9 cm³/mol. The molecule has 1 aliphatic heterocycles. The molecule has 104 valence electrons. The molecule has 1 N–H and O–H groups in total. The molecular weight excluding hydrogens is 242 g/mol.